The Hall–Kier alpha value is -8.40. The minimum absolute atomic E-state index is 0.0577. The molecule has 1 aliphatic rings. The maximum atomic E-state index is 2.43. The van der Waals surface area contributed by atoms with Gasteiger partial charge in [0.1, 0.15) is 0 Å². The molecule has 1 aliphatic carbocycles. The van der Waals surface area contributed by atoms with E-state index in [1.165, 1.54) is 72.0 Å². The van der Waals surface area contributed by atoms with Gasteiger partial charge in [-0.25, -0.2) is 0 Å². The Bertz CT molecular complexity index is 3640. The molecule has 326 valence electrons. The Morgan fingerprint density at radius 2 is 0.941 bits per heavy atom. The molecule has 12 rings (SSSR count). The van der Waals surface area contributed by atoms with Crippen LogP contribution in [-0.4, -0.2) is 11.6 Å². The van der Waals surface area contributed by atoms with Crippen molar-refractivity contribution in [2.75, 3.05) is 16.8 Å². The molecule has 3 heteroatoms. The summed E-state index contributed by atoms with van der Waals surface area (Å²) >= 11 is 0. The number of rotatable bonds is 9. The molecule has 0 spiro atoms. The van der Waals surface area contributed by atoms with Crippen LogP contribution in [0.2, 0.25) is 0 Å². The van der Waals surface area contributed by atoms with Gasteiger partial charge in [0.15, 0.2) is 0 Å². The number of hydrogen-bond acceptors (Lipinski definition) is 2. The molecule has 0 radical (unpaired) electrons. The van der Waals surface area contributed by atoms with Crippen LogP contribution in [0.3, 0.4) is 0 Å². The van der Waals surface area contributed by atoms with E-state index >= 15 is 0 Å². The lowest BCUT2D eigenvalue weighted by molar-refractivity contribution is 0.660. The second-order valence-electron chi connectivity index (χ2n) is 18.7. The summed E-state index contributed by atoms with van der Waals surface area (Å²) in [6.07, 6.45) is 0. The second kappa shape index (κ2) is 16.5. The molecule has 0 bridgehead atoms. The smallest absolute Gasteiger partial charge is 0.0553 e. The van der Waals surface area contributed by atoms with Crippen molar-refractivity contribution in [3.8, 4) is 50.2 Å². The van der Waals surface area contributed by atoms with Gasteiger partial charge in [0.25, 0.3) is 0 Å². The van der Waals surface area contributed by atoms with E-state index < -0.39 is 0 Å². The lowest BCUT2D eigenvalue weighted by atomic mass is 9.82. The number of nitrogens with zero attached hydrogens (tertiary/aromatic N) is 3. The summed E-state index contributed by atoms with van der Waals surface area (Å²) in [6, 6.07) is 86.8. The van der Waals surface area contributed by atoms with Crippen LogP contribution < -0.4 is 9.80 Å². The zero-order valence-electron chi connectivity index (χ0n) is 38.9. The topological polar surface area (TPSA) is 11.4 Å². The molecule has 0 fully saturated rings. The fraction of sp³-hybridized carbons (Fsp3) is 0.0769. The van der Waals surface area contributed by atoms with Gasteiger partial charge >= 0.3 is 0 Å². The molecule has 0 unspecified atom stereocenters. The summed E-state index contributed by atoms with van der Waals surface area (Å²) in [4.78, 5) is 4.69. The summed E-state index contributed by atoms with van der Waals surface area (Å²) < 4.78 is 2.43. The number of benzene rings is 10. The number of hydrogen-bond donors (Lipinski definition) is 0. The van der Waals surface area contributed by atoms with E-state index in [1.807, 2.05) is 0 Å². The highest BCUT2D eigenvalue weighted by molar-refractivity contribution is 6.17. The summed E-state index contributed by atoms with van der Waals surface area (Å²) in [5, 5.41) is 2.46. The first-order chi connectivity index (χ1) is 33.3. The van der Waals surface area contributed by atoms with Crippen LogP contribution in [-0.2, 0) is 5.41 Å². The van der Waals surface area contributed by atoms with E-state index in [0.29, 0.717) is 0 Å². The minimum atomic E-state index is -0.0577. The third-order valence-corrected chi connectivity index (χ3v) is 14.3. The lowest BCUT2D eigenvalue weighted by Gasteiger charge is -2.26. The first-order valence-corrected chi connectivity index (χ1v) is 23.6. The fourth-order valence-electron chi connectivity index (χ4n) is 10.7. The van der Waals surface area contributed by atoms with Gasteiger partial charge in [-0.05, 0) is 154 Å². The average Bonchev–Trinajstić information content (AvgIpc) is 3.85. The van der Waals surface area contributed by atoms with Gasteiger partial charge in [-0.2, -0.15) is 0 Å². The molecule has 0 saturated carbocycles. The highest BCUT2D eigenvalue weighted by atomic mass is 15.1. The second-order valence-corrected chi connectivity index (χ2v) is 18.7. The van der Waals surface area contributed by atoms with Crippen molar-refractivity contribution < 1.29 is 0 Å². The zero-order valence-corrected chi connectivity index (χ0v) is 38.9. The van der Waals surface area contributed by atoms with E-state index in [4.69, 9.17) is 0 Å². The third kappa shape index (κ3) is 6.98. The standard InChI is InChI=1S/C65H51N3/c1-44-26-32-52(33-27-44)67(53-36-30-46(31-37-53)45-16-7-5-8-17-45)55-21-15-18-48(40-55)59-41-49(42-63-64(59)58-23-12-14-25-62(58)68(63)51-19-9-6-10-20-51)47-28-34-50(35-29-47)66(4)54-38-39-57-56-22-11-13-24-60(56)65(2,3)61(57)43-54/h5-43H,1-4H3. The van der Waals surface area contributed by atoms with Crippen molar-refractivity contribution in [1.82, 2.24) is 4.57 Å². The predicted molar refractivity (Wildman–Crippen MR) is 289 cm³/mol. The largest absolute Gasteiger partial charge is 0.345 e. The van der Waals surface area contributed by atoms with Crippen molar-refractivity contribution in [3.63, 3.8) is 0 Å². The molecular weight excluding hydrogens is 823 g/mol. The van der Waals surface area contributed by atoms with Crippen molar-refractivity contribution >= 4 is 50.2 Å². The molecule has 0 aliphatic heterocycles. The quantitative estimate of drug-likeness (QED) is 0.143. The van der Waals surface area contributed by atoms with E-state index in [2.05, 4.69) is 279 Å². The molecule has 11 aromatic rings. The van der Waals surface area contributed by atoms with Gasteiger partial charge in [0.05, 0.1) is 11.0 Å². The first-order valence-electron chi connectivity index (χ1n) is 23.6. The van der Waals surface area contributed by atoms with E-state index in [-0.39, 0.29) is 5.41 Å². The van der Waals surface area contributed by atoms with Gasteiger partial charge in [-0.15, -0.1) is 0 Å². The Morgan fingerprint density at radius 3 is 1.69 bits per heavy atom. The summed E-state index contributed by atoms with van der Waals surface area (Å²) in [5.74, 6) is 0. The number of aryl methyl sites for hydroxylation is 1. The van der Waals surface area contributed by atoms with E-state index in [0.717, 1.165) is 45.1 Å². The molecular formula is C65H51N3. The predicted octanol–water partition coefficient (Wildman–Crippen LogP) is 17.6. The van der Waals surface area contributed by atoms with Crippen molar-refractivity contribution in [1.29, 1.82) is 0 Å². The maximum Gasteiger partial charge on any atom is 0.0553 e. The summed E-state index contributed by atoms with van der Waals surface area (Å²) in [5.41, 5.74) is 22.8. The maximum absolute atomic E-state index is 2.43. The van der Waals surface area contributed by atoms with Gasteiger partial charge in [-0.3, -0.25) is 0 Å². The van der Waals surface area contributed by atoms with Crippen LogP contribution in [0.5, 0.6) is 0 Å². The van der Waals surface area contributed by atoms with Crippen LogP contribution in [0.25, 0.3) is 72.0 Å². The Balaban J connectivity index is 0.987. The molecule has 10 aromatic carbocycles. The number of para-hydroxylation sites is 2. The molecule has 1 aromatic heterocycles. The van der Waals surface area contributed by atoms with Crippen LogP contribution in [0.4, 0.5) is 28.4 Å². The van der Waals surface area contributed by atoms with Crippen LogP contribution in [0.1, 0.15) is 30.5 Å². The summed E-state index contributed by atoms with van der Waals surface area (Å²) in [7, 11) is 2.18. The molecule has 0 amide bonds. The Morgan fingerprint density at radius 1 is 0.368 bits per heavy atom. The van der Waals surface area contributed by atoms with E-state index in [9.17, 15) is 0 Å². The van der Waals surface area contributed by atoms with Gasteiger partial charge in [0, 0.05) is 57.4 Å². The molecule has 68 heavy (non-hydrogen) atoms. The Labute approximate surface area is 399 Å². The van der Waals surface area contributed by atoms with Crippen LogP contribution in [0, 0.1) is 6.92 Å². The van der Waals surface area contributed by atoms with Gasteiger partial charge in [-0.1, -0.05) is 165 Å². The van der Waals surface area contributed by atoms with Crippen LogP contribution >= 0.6 is 0 Å². The first kappa shape index (κ1) is 41.1. The highest BCUT2D eigenvalue weighted by Gasteiger charge is 2.35. The van der Waals surface area contributed by atoms with Gasteiger partial charge < -0.3 is 14.4 Å². The number of anilines is 5. The van der Waals surface area contributed by atoms with Crippen molar-refractivity contribution in [2.45, 2.75) is 26.2 Å². The highest BCUT2D eigenvalue weighted by Crippen LogP contribution is 2.50. The number of aromatic nitrogens is 1. The third-order valence-electron chi connectivity index (χ3n) is 14.3. The summed E-state index contributed by atoms with van der Waals surface area (Å²) in [6.45, 7) is 6.84. The lowest BCUT2D eigenvalue weighted by Crippen LogP contribution is -2.16. The minimum Gasteiger partial charge on any atom is -0.345 e. The number of fused-ring (bicyclic) bond motifs is 6. The fourth-order valence-corrected chi connectivity index (χ4v) is 10.7. The molecule has 0 N–H and O–H groups in total. The monoisotopic (exact) mass is 873 g/mol. The molecule has 0 atom stereocenters. The van der Waals surface area contributed by atoms with Crippen molar-refractivity contribution in [3.05, 3.63) is 253 Å². The SMILES string of the molecule is Cc1ccc(N(c2ccc(-c3ccccc3)cc2)c2cccc(-c3cc(-c4ccc(N(C)c5ccc6c(c5)C(C)(C)c5ccccc5-6)cc4)cc4c3c3ccccc3n4-c3ccccc3)c2)cc1. The molecule has 3 nitrogen and oxygen atoms in total. The van der Waals surface area contributed by atoms with Crippen molar-refractivity contribution in [2.24, 2.45) is 0 Å². The molecule has 1 heterocycles. The normalized spacial score (nSPS) is 12.5. The van der Waals surface area contributed by atoms with Crippen LogP contribution in [0.15, 0.2) is 237 Å². The van der Waals surface area contributed by atoms with E-state index in [1.54, 1.807) is 0 Å². The molecule has 0 saturated heterocycles. The zero-order chi connectivity index (χ0) is 45.9. The average molecular weight is 874 g/mol. The Kier molecular flexibility index (Phi) is 9.95. The van der Waals surface area contributed by atoms with Gasteiger partial charge in [0.2, 0.25) is 0 Å².